The first kappa shape index (κ1) is 12.1. The van der Waals surface area contributed by atoms with E-state index in [9.17, 15) is 9.18 Å². The monoisotopic (exact) mass is 221 g/mol. The zero-order chi connectivity index (χ0) is 12.1. The lowest BCUT2D eigenvalue weighted by molar-refractivity contribution is -0.117. The fourth-order valence-corrected chi connectivity index (χ4v) is 1.15. The molecule has 1 unspecified atom stereocenters. The Bertz CT molecular complexity index is 439. The topological polar surface area (TPSA) is 78.9 Å². The number of nitrogens with one attached hydrogen (secondary N) is 1. The van der Waals surface area contributed by atoms with Gasteiger partial charge in [0.2, 0.25) is 5.91 Å². The summed E-state index contributed by atoms with van der Waals surface area (Å²) in [6.45, 7) is 1.76. The smallest absolute Gasteiger partial charge is 0.241 e. The Morgan fingerprint density at radius 3 is 2.94 bits per heavy atom. The second-order valence-corrected chi connectivity index (χ2v) is 3.28. The molecule has 4 nitrogen and oxygen atoms in total. The Hall–Kier alpha value is -1.93. The van der Waals surface area contributed by atoms with E-state index >= 15 is 0 Å². The zero-order valence-corrected chi connectivity index (χ0v) is 8.83. The van der Waals surface area contributed by atoms with Gasteiger partial charge in [-0.2, -0.15) is 5.26 Å². The number of hydrogen-bond acceptors (Lipinski definition) is 3. The van der Waals surface area contributed by atoms with Gasteiger partial charge in [0.25, 0.3) is 0 Å². The molecule has 0 aliphatic rings. The van der Waals surface area contributed by atoms with Crippen molar-refractivity contribution in [2.24, 2.45) is 5.73 Å². The molecule has 1 atom stereocenters. The number of nitrogens with zero attached hydrogens (tertiary/aromatic N) is 1. The van der Waals surface area contributed by atoms with Crippen molar-refractivity contribution in [3.8, 4) is 6.07 Å². The molecule has 16 heavy (non-hydrogen) atoms. The summed E-state index contributed by atoms with van der Waals surface area (Å²) in [7, 11) is 0. The number of carbonyl (C=O) groups is 1. The van der Waals surface area contributed by atoms with Crippen molar-refractivity contribution in [1.82, 2.24) is 0 Å². The molecular weight excluding hydrogens is 209 g/mol. The second-order valence-electron chi connectivity index (χ2n) is 3.28. The maximum Gasteiger partial charge on any atom is 0.241 e. The van der Waals surface area contributed by atoms with Crippen LogP contribution in [0.4, 0.5) is 10.1 Å². The maximum atomic E-state index is 13.2. The highest BCUT2D eigenvalue weighted by Crippen LogP contribution is 2.17. The molecule has 0 heterocycles. The van der Waals surface area contributed by atoms with E-state index in [-0.39, 0.29) is 11.3 Å². The summed E-state index contributed by atoms with van der Waals surface area (Å²) < 4.78 is 13.2. The van der Waals surface area contributed by atoms with Gasteiger partial charge in [-0.05, 0) is 18.6 Å². The molecule has 3 N–H and O–H groups in total. The highest BCUT2D eigenvalue weighted by atomic mass is 19.1. The molecule has 1 rings (SSSR count). The van der Waals surface area contributed by atoms with Gasteiger partial charge in [0.05, 0.1) is 11.7 Å². The average molecular weight is 221 g/mol. The fraction of sp³-hybridized carbons (Fsp3) is 0.273. The quantitative estimate of drug-likeness (QED) is 0.809. The van der Waals surface area contributed by atoms with Crippen molar-refractivity contribution in [2.45, 2.75) is 19.4 Å². The number of hydrogen-bond donors (Lipinski definition) is 2. The van der Waals surface area contributed by atoms with Crippen LogP contribution in [-0.4, -0.2) is 11.9 Å². The number of nitrogens with two attached hydrogens (primary N) is 1. The molecule has 84 valence electrons. The summed E-state index contributed by atoms with van der Waals surface area (Å²) in [5.41, 5.74) is 5.47. The van der Waals surface area contributed by atoms with Gasteiger partial charge in [0.1, 0.15) is 17.4 Å². The number of benzene rings is 1. The number of halogens is 1. The van der Waals surface area contributed by atoms with E-state index in [0.717, 1.165) is 6.07 Å². The van der Waals surface area contributed by atoms with Gasteiger partial charge in [0, 0.05) is 0 Å². The molecule has 0 radical (unpaired) electrons. The van der Waals surface area contributed by atoms with Crippen LogP contribution in [0.15, 0.2) is 18.2 Å². The lowest BCUT2D eigenvalue weighted by atomic mass is 10.1. The van der Waals surface area contributed by atoms with Gasteiger partial charge >= 0.3 is 0 Å². The molecule has 1 amide bonds. The van der Waals surface area contributed by atoms with E-state index < -0.39 is 17.8 Å². The number of anilines is 1. The molecule has 0 aromatic heterocycles. The van der Waals surface area contributed by atoms with Crippen molar-refractivity contribution < 1.29 is 9.18 Å². The molecule has 0 saturated carbocycles. The van der Waals surface area contributed by atoms with Crippen LogP contribution < -0.4 is 11.1 Å². The van der Waals surface area contributed by atoms with Gasteiger partial charge in [0.15, 0.2) is 0 Å². The van der Waals surface area contributed by atoms with Crippen LogP contribution in [0, 0.1) is 17.1 Å². The minimum absolute atomic E-state index is 0.149. The molecule has 0 aliphatic carbocycles. The predicted molar refractivity (Wildman–Crippen MR) is 58.0 cm³/mol. The van der Waals surface area contributed by atoms with Crippen LogP contribution in [0.1, 0.15) is 18.9 Å². The standard InChI is InChI=1S/C11H12FN3O/c1-2-9(14)11(16)15-10-5-3-4-8(12)7(10)6-13/h3-5,9H,2,14H2,1H3,(H,15,16). The highest BCUT2D eigenvalue weighted by molar-refractivity contribution is 5.95. The molecule has 1 aromatic carbocycles. The van der Waals surface area contributed by atoms with Gasteiger partial charge in [-0.1, -0.05) is 13.0 Å². The lowest BCUT2D eigenvalue weighted by Gasteiger charge is -2.11. The van der Waals surface area contributed by atoms with E-state index in [1.807, 2.05) is 0 Å². The second kappa shape index (κ2) is 5.24. The Kier molecular flexibility index (Phi) is 3.97. The fourth-order valence-electron chi connectivity index (χ4n) is 1.15. The summed E-state index contributed by atoms with van der Waals surface area (Å²) in [5, 5.41) is 11.2. The third-order valence-corrected chi connectivity index (χ3v) is 2.16. The minimum atomic E-state index is -0.662. The Morgan fingerprint density at radius 1 is 1.69 bits per heavy atom. The molecule has 0 bridgehead atoms. The molecule has 5 heteroatoms. The molecule has 0 saturated heterocycles. The van der Waals surface area contributed by atoms with Crippen molar-refractivity contribution in [1.29, 1.82) is 5.26 Å². The first-order valence-electron chi connectivity index (χ1n) is 4.85. The van der Waals surface area contributed by atoms with Gasteiger partial charge < -0.3 is 11.1 Å². The number of amides is 1. The van der Waals surface area contributed by atoms with Crippen LogP contribution in [0.3, 0.4) is 0 Å². The molecule has 0 fully saturated rings. The number of nitriles is 1. The van der Waals surface area contributed by atoms with Crippen LogP contribution in [0.25, 0.3) is 0 Å². The third kappa shape index (κ3) is 2.55. The minimum Gasteiger partial charge on any atom is -0.323 e. The summed E-state index contributed by atoms with van der Waals surface area (Å²) in [5.74, 6) is -1.09. The first-order valence-corrected chi connectivity index (χ1v) is 4.85. The summed E-state index contributed by atoms with van der Waals surface area (Å²) in [6.07, 6.45) is 0.475. The van der Waals surface area contributed by atoms with Crippen LogP contribution in [0.5, 0.6) is 0 Å². The first-order chi connectivity index (χ1) is 7.60. The lowest BCUT2D eigenvalue weighted by Crippen LogP contribution is -2.35. The van der Waals surface area contributed by atoms with E-state index in [1.54, 1.807) is 13.0 Å². The maximum absolute atomic E-state index is 13.2. The van der Waals surface area contributed by atoms with E-state index in [0.29, 0.717) is 6.42 Å². The normalized spacial score (nSPS) is 11.6. The van der Waals surface area contributed by atoms with Gasteiger partial charge in [-0.3, -0.25) is 4.79 Å². The Balaban J connectivity index is 2.94. The SMILES string of the molecule is CCC(N)C(=O)Nc1cccc(F)c1C#N. The van der Waals surface area contributed by atoms with Crippen LogP contribution >= 0.6 is 0 Å². The van der Waals surface area contributed by atoms with Crippen molar-refractivity contribution in [2.75, 3.05) is 5.32 Å². The number of rotatable bonds is 3. The van der Waals surface area contributed by atoms with E-state index in [4.69, 9.17) is 11.0 Å². The van der Waals surface area contributed by atoms with Crippen molar-refractivity contribution in [3.05, 3.63) is 29.6 Å². The third-order valence-electron chi connectivity index (χ3n) is 2.16. The van der Waals surface area contributed by atoms with Crippen LogP contribution in [-0.2, 0) is 4.79 Å². The Labute approximate surface area is 92.9 Å². The summed E-state index contributed by atoms with van der Waals surface area (Å²) in [6, 6.07) is 5.08. The van der Waals surface area contributed by atoms with Gasteiger partial charge in [-0.15, -0.1) is 0 Å². The predicted octanol–water partition coefficient (Wildman–Crippen LogP) is 1.37. The van der Waals surface area contributed by atoms with Gasteiger partial charge in [-0.25, -0.2) is 4.39 Å². The average Bonchev–Trinajstić information content (AvgIpc) is 2.28. The largest absolute Gasteiger partial charge is 0.323 e. The summed E-state index contributed by atoms with van der Waals surface area (Å²) in [4.78, 5) is 11.5. The molecular formula is C11H12FN3O. The highest BCUT2D eigenvalue weighted by Gasteiger charge is 2.14. The van der Waals surface area contributed by atoms with Crippen molar-refractivity contribution >= 4 is 11.6 Å². The zero-order valence-electron chi connectivity index (χ0n) is 8.83. The van der Waals surface area contributed by atoms with E-state index in [1.165, 1.54) is 12.1 Å². The van der Waals surface area contributed by atoms with Crippen molar-refractivity contribution in [3.63, 3.8) is 0 Å². The van der Waals surface area contributed by atoms with Crippen LogP contribution in [0.2, 0.25) is 0 Å². The Morgan fingerprint density at radius 2 is 2.38 bits per heavy atom. The summed E-state index contributed by atoms with van der Waals surface area (Å²) >= 11 is 0. The molecule has 0 aliphatic heterocycles. The number of carbonyl (C=O) groups excluding carboxylic acids is 1. The van der Waals surface area contributed by atoms with E-state index in [2.05, 4.69) is 5.32 Å². The molecule has 0 spiro atoms. The molecule has 1 aromatic rings.